The lowest BCUT2D eigenvalue weighted by molar-refractivity contribution is -0.141. The van der Waals surface area contributed by atoms with E-state index in [0.717, 1.165) is 0 Å². The molecule has 1 atom stereocenters. The number of hydrogen-bond acceptors (Lipinski definition) is 6. The summed E-state index contributed by atoms with van der Waals surface area (Å²) in [5.74, 6) is -0.454. The zero-order valence-corrected chi connectivity index (χ0v) is 14.7. The molecule has 1 aliphatic rings. The van der Waals surface area contributed by atoms with Gasteiger partial charge in [-0.3, -0.25) is 14.4 Å². The predicted molar refractivity (Wildman–Crippen MR) is 89.0 cm³/mol. The molecule has 0 aromatic carbocycles. The maximum atomic E-state index is 12.5. The van der Waals surface area contributed by atoms with Crippen molar-refractivity contribution in [2.75, 3.05) is 26.8 Å². The summed E-state index contributed by atoms with van der Waals surface area (Å²) in [4.78, 5) is 44.7. The molecule has 0 bridgehead atoms. The molecular weight excluding hydrogens is 328 g/mol. The van der Waals surface area contributed by atoms with Crippen LogP contribution in [0.1, 0.15) is 32.5 Å². The molecule has 0 saturated carbocycles. The Balaban J connectivity index is 2.05. The Hall–Kier alpha value is -2.42. The van der Waals surface area contributed by atoms with Crippen molar-refractivity contribution < 1.29 is 19.4 Å². The molecule has 1 unspecified atom stereocenters. The maximum Gasteiger partial charge on any atom is 0.293 e. The van der Waals surface area contributed by atoms with Gasteiger partial charge >= 0.3 is 0 Å². The van der Waals surface area contributed by atoms with Crippen LogP contribution in [-0.4, -0.2) is 58.6 Å². The Morgan fingerprint density at radius 2 is 2.24 bits per heavy atom. The lowest BCUT2D eigenvalue weighted by Crippen LogP contribution is -2.49. The van der Waals surface area contributed by atoms with E-state index in [2.05, 4.69) is 15.3 Å². The highest BCUT2D eigenvalue weighted by molar-refractivity contribution is 5.87. The van der Waals surface area contributed by atoms with E-state index in [1.54, 1.807) is 18.7 Å². The van der Waals surface area contributed by atoms with Crippen LogP contribution in [-0.2, 0) is 15.1 Å². The van der Waals surface area contributed by atoms with Crippen LogP contribution in [0, 0.1) is 5.92 Å². The Morgan fingerprint density at radius 1 is 1.52 bits per heavy atom. The fourth-order valence-electron chi connectivity index (χ4n) is 2.77. The van der Waals surface area contributed by atoms with Crippen LogP contribution in [0.25, 0.3) is 0 Å². The van der Waals surface area contributed by atoms with Gasteiger partial charge in [-0.2, -0.15) is 0 Å². The molecule has 25 heavy (non-hydrogen) atoms. The minimum Gasteiger partial charge on any atom is -0.490 e. The van der Waals surface area contributed by atoms with Crippen LogP contribution in [0.4, 0.5) is 0 Å². The van der Waals surface area contributed by atoms with Gasteiger partial charge in [-0.1, -0.05) is 0 Å². The van der Waals surface area contributed by atoms with Gasteiger partial charge in [0, 0.05) is 25.4 Å². The van der Waals surface area contributed by atoms with Gasteiger partial charge < -0.3 is 25.0 Å². The number of H-pyrrole nitrogens is 1. The number of carbonyl (C=O) groups excluding carboxylic acids is 2. The van der Waals surface area contributed by atoms with Crippen molar-refractivity contribution in [2.45, 2.75) is 32.2 Å². The number of piperidine rings is 1. The van der Waals surface area contributed by atoms with Crippen LogP contribution in [0.3, 0.4) is 0 Å². The van der Waals surface area contributed by atoms with Gasteiger partial charge in [-0.05, 0) is 20.3 Å². The van der Waals surface area contributed by atoms with E-state index >= 15 is 0 Å². The number of hydrogen-bond donors (Lipinski definition) is 3. The summed E-state index contributed by atoms with van der Waals surface area (Å²) in [5, 5.41) is 11.8. The molecule has 3 N–H and O–H groups in total. The summed E-state index contributed by atoms with van der Waals surface area (Å²) < 4.78 is 4.88. The highest BCUT2D eigenvalue weighted by Gasteiger charge is 2.34. The third kappa shape index (κ3) is 4.36. The van der Waals surface area contributed by atoms with Crippen LogP contribution < -0.4 is 15.6 Å². The van der Waals surface area contributed by atoms with Crippen molar-refractivity contribution in [3.63, 3.8) is 0 Å². The van der Waals surface area contributed by atoms with E-state index in [-0.39, 0.29) is 37.1 Å². The van der Waals surface area contributed by atoms with E-state index in [1.807, 2.05) is 0 Å². The molecule has 0 aliphatic carbocycles. The van der Waals surface area contributed by atoms with Crippen molar-refractivity contribution in [2.24, 2.45) is 5.92 Å². The SMILES string of the molecule is COc1cnc(C(C)(C)NC(=O)C2CCN(CCO)C(=O)C2)[nH]c1=O. The molecule has 138 valence electrons. The number of nitrogens with zero attached hydrogens (tertiary/aromatic N) is 2. The quantitative estimate of drug-likeness (QED) is 0.625. The van der Waals surface area contributed by atoms with Gasteiger partial charge in [0.15, 0.2) is 0 Å². The van der Waals surface area contributed by atoms with Crippen molar-refractivity contribution in [1.82, 2.24) is 20.2 Å². The molecule has 2 rings (SSSR count). The van der Waals surface area contributed by atoms with Gasteiger partial charge in [0.2, 0.25) is 17.6 Å². The summed E-state index contributed by atoms with van der Waals surface area (Å²) in [6.45, 7) is 4.08. The predicted octanol–water partition coefficient (Wildman–Crippen LogP) is -0.639. The number of likely N-dealkylation sites (tertiary alicyclic amines) is 1. The first-order valence-corrected chi connectivity index (χ1v) is 8.13. The summed E-state index contributed by atoms with van der Waals surface area (Å²) >= 11 is 0. The van der Waals surface area contributed by atoms with E-state index < -0.39 is 17.0 Å². The topological polar surface area (TPSA) is 125 Å². The van der Waals surface area contributed by atoms with Crippen molar-refractivity contribution in [1.29, 1.82) is 0 Å². The zero-order chi connectivity index (χ0) is 18.6. The second-order valence-corrected chi connectivity index (χ2v) is 6.54. The molecule has 9 heteroatoms. The van der Waals surface area contributed by atoms with E-state index in [0.29, 0.717) is 18.8 Å². The average Bonchev–Trinajstić information content (AvgIpc) is 2.56. The number of aliphatic hydroxyl groups is 1. The number of methoxy groups -OCH3 is 1. The second kappa shape index (κ2) is 7.64. The number of amides is 2. The first-order valence-electron chi connectivity index (χ1n) is 8.13. The van der Waals surface area contributed by atoms with E-state index in [9.17, 15) is 14.4 Å². The first-order chi connectivity index (χ1) is 11.8. The Kier molecular flexibility index (Phi) is 5.78. The van der Waals surface area contributed by atoms with E-state index in [4.69, 9.17) is 9.84 Å². The highest BCUT2D eigenvalue weighted by Crippen LogP contribution is 2.22. The van der Waals surface area contributed by atoms with Crippen molar-refractivity contribution in [3.8, 4) is 5.75 Å². The van der Waals surface area contributed by atoms with Gasteiger partial charge in [0.05, 0.1) is 25.5 Å². The summed E-state index contributed by atoms with van der Waals surface area (Å²) in [7, 11) is 1.37. The summed E-state index contributed by atoms with van der Waals surface area (Å²) in [6, 6.07) is 0. The molecule has 1 aromatic rings. The number of carbonyl (C=O) groups is 2. The molecule has 1 saturated heterocycles. The minimum atomic E-state index is -0.909. The molecule has 9 nitrogen and oxygen atoms in total. The number of β-amino-alcohol motifs (C(OH)–C–C–N with tert-alkyl or cyclic N) is 1. The second-order valence-electron chi connectivity index (χ2n) is 6.54. The largest absolute Gasteiger partial charge is 0.490 e. The first kappa shape index (κ1) is 18.9. The number of aromatic nitrogens is 2. The number of aromatic amines is 1. The number of aliphatic hydroxyl groups excluding tert-OH is 1. The monoisotopic (exact) mass is 352 g/mol. The number of ether oxygens (including phenoxy) is 1. The fraction of sp³-hybridized carbons (Fsp3) is 0.625. The molecule has 2 heterocycles. The average molecular weight is 352 g/mol. The summed E-state index contributed by atoms with van der Waals surface area (Å²) in [6.07, 6.45) is 1.94. The number of rotatable bonds is 6. The Labute approximate surface area is 145 Å². The van der Waals surface area contributed by atoms with Crippen molar-refractivity contribution >= 4 is 11.8 Å². The zero-order valence-electron chi connectivity index (χ0n) is 14.7. The van der Waals surface area contributed by atoms with E-state index in [1.165, 1.54) is 13.3 Å². The van der Waals surface area contributed by atoms with Crippen LogP contribution in [0.15, 0.2) is 11.0 Å². The van der Waals surface area contributed by atoms with Gasteiger partial charge in [-0.25, -0.2) is 4.98 Å². The van der Waals surface area contributed by atoms with Crippen molar-refractivity contribution in [3.05, 3.63) is 22.4 Å². The maximum absolute atomic E-state index is 12.5. The standard InChI is InChI=1S/C16H24N4O5/c1-16(2,15-17-9-11(25-3)14(24)18-15)19-13(23)10-4-5-20(6-7-21)12(22)8-10/h9-10,21H,4-8H2,1-3H3,(H,19,23)(H,17,18,24). The third-order valence-corrected chi connectivity index (χ3v) is 4.28. The minimum absolute atomic E-state index is 0.0905. The molecule has 0 radical (unpaired) electrons. The smallest absolute Gasteiger partial charge is 0.293 e. The molecule has 1 fully saturated rings. The molecule has 0 spiro atoms. The fourth-order valence-corrected chi connectivity index (χ4v) is 2.77. The normalized spacial score (nSPS) is 18.2. The Morgan fingerprint density at radius 3 is 2.80 bits per heavy atom. The van der Waals surface area contributed by atoms with Crippen LogP contribution >= 0.6 is 0 Å². The third-order valence-electron chi connectivity index (χ3n) is 4.28. The van der Waals surface area contributed by atoms with Crippen LogP contribution in [0.2, 0.25) is 0 Å². The highest BCUT2D eigenvalue weighted by atomic mass is 16.5. The molecular formula is C16H24N4O5. The van der Waals surface area contributed by atoms with Gasteiger partial charge in [0.25, 0.3) is 5.56 Å². The Bertz CT molecular complexity index is 700. The number of nitrogens with one attached hydrogen (secondary N) is 2. The lowest BCUT2D eigenvalue weighted by atomic mass is 9.93. The molecule has 1 aromatic heterocycles. The molecule has 2 amide bonds. The summed E-state index contributed by atoms with van der Waals surface area (Å²) in [5.41, 5.74) is -1.34. The van der Waals surface area contributed by atoms with Crippen LogP contribution in [0.5, 0.6) is 5.75 Å². The lowest BCUT2D eigenvalue weighted by Gasteiger charge is -2.33. The molecule has 1 aliphatic heterocycles. The van der Waals surface area contributed by atoms with Gasteiger partial charge in [-0.15, -0.1) is 0 Å². The van der Waals surface area contributed by atoms with Gasteiger partial charge in [0.1, 0.15) is 5.82 Å².